The van der Waals surface area contributed by atoms with Crippen molar-refractivity contribution in [3.05, 3.63) is 62.6 Å². The Morgan fingerprint density at radius 2 is 2.07 bits per heavy atom. The molecule has 0 unspecified atom stereocenters. The van der Waals surface area contributed by atoms with Gasteiger partial charge in [0, 0.05) is 18.6 Å². The van der Waals surface area contributed by atoms with E-state index in [9.17, 15) is 20.0 Å². The fourth-order valence-corrected chi connectivity index (χ4v) is 3.03. The van der Waals surface area contributed by atoms with Crippen LogP contribution in [0.15, 0.2) is 49.3 Å². The molecule has 0 spiro atoms. The second-order valence-corrected chi connectivity index (χ2v) is 6.70. The zero-order valence-electron chi connectivity index (χ0n) is 14.9. The lowest BCUT2D eigenvalue weighted by Gasteiger charge is -2.01. The van der Waals surface area contributed by atoms with Crippen LogP contribution in [-0.2, 0) is 11.2 Å². The number of thioether (sulfide) groups is 1. The van der Waals surface area contributed by atoms with Crippen LogP contribution in [-0.4, -0.2) is 26.2 Å². The van der Waals surface area contributed by atoms with Crippen LogP contribution in [0.5, 0.6) is 0 Å². The summed E-state index contributed by atoms with van der Waals surface area (Å²) in [5, 5.41) is 28.4. The summed E-state index contributed by atoms with van der Waals surface area (Å²) in [7, 11) is 0. The standard InChI is InChI=1S/C18H15N3O6S/c1-3-16-19-20-18(27-16)28-15(17(22)23)9-11-5-7-14(26-11)12-6-4-10(2)8-13(12)21(24)25/h4-9H,3H2,1-2H3,(H,22,23)/b15-9-. The van der Waals surface area contributed by atoms with Gasteiger partial charge in [0.1, 0.15) is 16.4 Å². The molecule has 10 heteroatoms. The van der Waals surface area contributed by atoms with Crippen molar-refractivity contribution in [2.24, 2.45) is 0 Å². The van der Waals surface area contributed by atoms with Crippen molar-refractivity contribution in [2.75, 3.05) is 0 Å². The highest BCUT2D eigenvalue weighted by atomic mass is 32.2. The lowest BCUT2D eigenvalue weighted by molar-refractivity contribution is -0.384. The molecular weight excluding hydrogens is 386 g/mol. The smallest absolute Gasteiger partial charge is 0.342 e. The fraction of sp³-hybridized carbons (Fsp3) is 0.167. The van der Waals surface area contributed by atoms with Crippen LogP contribution < -0.4 is 0 Å². The third kappa shape index (κ3) is 4.29. The first kappa shape index (κ1) is 19.4. The number of rotatable bonds is 7. The summed E-state index contributed by atoms with van der Waals surface area (Å²) in [6.45, 7) is 3.59. The first-order valence-corrected chi connectivity index (χ1v) is 8.99. The Bertz CT molecular complexity index is 1070. The van der Waals surface area contributed by atoms with Gasteiger partial charge in [-0.15, -0.1) is 10.2 Å². The molecule has 3 aromatic rings. The van der Waals surface area contributed by atoms with Gasteiger partial charge in [-0.25, -0.2) is 4.79 Å². The normalized spacial score (nSPS) is 11.6. The average Bonchev–Trinajstić information content (AvgIpc) is 3.30. The highest BCUT2D eigenvalue weighted by Gasteiger charge is 2.19. The van der Waals surface area contributed by atoms with Gasteiger partial charge in [0.2, 0.25) is 5.89 Å². The molecule has 0 saturated carbocycles. The third-order valence-corrected chi connectivity index (χ3v) is 4.53. The van der Waals surface area contributed by atoms with Gasteiger partial charge in [0.05, 0.1) is 10.5 Å². The summed E-state index contributed by atoms with van der Waals surface area (Å²) in [4.78, 5) is 22.3. The summed E-state index contributed by atoms with van der Waals surface area (Å²) < 4.78 is 10.9. The van der Waals surface area contributed by atoms with Crippen molar-refractivity contribution in [3.8, 4) is 11.3 Å². The Morgan fingerprint density at radius 3 is 2.71 bits per heavy atom. The molecule has 0 aliphatic rings. The molecule has 0 bridgehead atoms. The zero-order chi connectivity index (χ0) is 20.3. The van der Waals surface area contributed by atoms with Gasteiger partial charge in [0.15, 0.2) is 0 Å². The molecule has 0 fully saturated rings. The van der Waals surface area contributed by atoms with E-state index in [1.54, 1.807) is 25.1 Å². The number of nitro benzene ring substituents is 1. The van der Waals surface area contributed by atoms with Crippen LogP contribution >= 0.6 is 11.8 Å². The molecular formula is C18H15N3O6S. The van der Waals surface area contributed by atoms with E-state index in [-0.39, 0.29) is 27.3 Å². The molecule has 1 aromatic carbocycles. The molecule has 1 N–H and O–H groups in total. The minimum absolute atomic E-state index is 0.0873. The van der Waals surface area contributed by atoms with E-state index in [4.69, 9.17) is 8.83 Å². The predicted octanol–water partition coefficient (Wildman–Crippen LogP) is 4.33. The van der Waals surface area contributed by atoms with Gasteiger partial charge < -0.3 is 13.9 Å². The van der Waals surface area contributed by atoms with E-state index in [0.717, 1.165) is 17.3 Å². The maximum Gasteiger partial charge on any atom is 0.342 e. The molecule has 9 nitrogen and oxygen atoms in total. The molecule has 0 radical (unpaired) electrons. The van der Waals surface area contributed by atoms with Gasteiger partial charge in [-0.3, -0.25) is 10.1 Å². The molecule has 2 aromatic heterocycles. The van der Waals surface area contributed by atoms with Gasteiger partial charge in [-0.05, 0) is 42.4 Å². The number of benzene rings is 1. The largest absolute Gasteiger partial charge is 0.477 e. The molecule has 144 valence electrons. The number of aliphatic carboxylic acids is 1. The second kappa shape index (κ2) is 8.09. The summed E-state index contributed by atoms with van der Waals surface area (Å²) in [6.07, 6.45) is 1.84. The first-order chi connectivity index (χ1) is 13.4. The number of nitro groups is 1. The molecule has 2 heterocycles. The Hall–Kier alpha value is -3.40. The van der Waals surface area contributed by atoms with Crippen molar-refractivity contribution in [1.29, 1.82) is 0 Å². The quantitative estimate of drug-likeness (QED) is 0.266. The maximum atomic E-state index is 11.5. The molecule has 0 aliphatic heterocycles. The number of furan rings is 1. The summed E-state index contributed by atoms with van der Waals surface area (Å²) in [5.41, 5.74) is 0.970. The lowest BCUT2D eigenvalue weighted by Crippen LogP contribution is -1.96. The van der Waals surface area contributed by atoms with Crippen molar-refractivity contribution in [3.63, 3.8) is 0 Å². The molecule has 0 saturated heterocycles. The minimum Gasteiger partial charge on any atom is -0.477 e. The highest BCUT2D eigenvalue weighted by Crippen LogP contribution is 2.33. The highest BCUT2D eigenvalue weighted by molar-refractivity contribution is 8.03. The Balaban J connectivity index is 1.91. The van der Waals surface area contributed by atoms with Crippen LogP contribution in [0.1, 0.15) is 24.1 Å². The van der Waals surface area contributed by atoms with Crippen molar-refractivity contribution in [2.45, 2.75) is 25.5 Å². The van der Waals surface area contributed by atoms with E-state index in [1.807, 2.05) is 6.92 Å². The number of carboxylic acid groups (broad SMARTS) is 1. The van der Waals surface area contributed by atoms with Gasteiger partial charge in [0.25, 0.3) is 10.9 Å². The van der Waals surface area contributed by atoms with E-state index in [2.05, 4.69) is 10.2 Å². The molecule has 0 atom stereocenters. The number of aromatic nitrogens is 2. The van der Waals surface area contributed by atoms with Gasteiger partial charge in [-0.2, -0.15) is 0 Å². The molecule has 28 heavy (non-hydrogen) atoms. The second-order valence-electron chi connectivity index (χ2n) is 5.71. The number of carbonyl (C=O) groups is 1. The van der Waals surface area contributed by atoms with Crippen molar-refractivity contribution < 1.29 is 23.7 Å². The van der Waals surface area contributed by atoms with Gasteiger partial charge in [-0.1, -0.05) is 13.0 Å². The predicted molar refractivity (Wildman–Crippen MR) is 101 cm³/mol. The number of hydrogen-bond donors (Lipinski definition) is 1. The monoisotopic (exact) mass is 401 g/mol. The number of hydrogen-bond acceptors (Lipinski definition) is 8. The number of carboxylic acids is 1. The Morgan fingerprint density at radius 1 is 1.29 bits per heavy atom. The van der Waals surface area contributed by atoms with E-state index in [1.165, 1.54) is 18.2 Å². The summed E-state index contributed by atoms with van der Waals surface area (Å²) in [6, 6.07) is 7.87. The minimum atomic E-state index is -1.19. The fourth-order valence-electron chi connectivity index (χ4n) is 2.36. The summed E-state index contributed by atoms with van der Waals surface area (Å²) >= 11 is 0.796. The third-order valence-electron chi connectivity index (χ3n) is 3.67. The van der Waals surface area contributed by atoms with E-state index >= 15 is 0 Å². The number of aryl methyl sites for hydroxylation is 2. The van der Waals surface area contributed by atoms with Crippen molar-refractivity contribution >= 4 is 29.5 Å². The molecule has 0 amide bonds. The first-order valence-electron chi connectivity index (χ1n) is 8.18. The van der Waals surface area contributed by atoms with Crippen LogP contribution in [0.4, 0.5) is 5.69 Å². The van der Waals surface area contributed by atoms with Gasteiger partial charge >= 0.3 is 5.97 Å². The van der Waals surface area contributed by atoms with Crippen LogP contribution in [0.3, 0.4) is 0 Å². The van der Waals surface area contributed by atoms with Crippen molar-refractivity contribution in [1.82, 2.24) is 10.2 Å². The summed E-state index contributed by atoms with van der Waals surface area (Å²) in [5.74, 6) is -0.302. The van der Waals surface area contributed by atoms with Crippen LogP contribution in [0, 0.1) is 17.0 Å². The van der Waals surface area contributed by atoms with E-state index < -0.39 is 10.9 Å². The average molecular weight is 401 g/mol. The molecule has 0 aliphatic carbocycles. The zero-order valence-corrected chi connectivity index (χ0v) is 15.7. The van der Waals surface area contributed by atoms with Crippen LogP contribution in [0.2, 0.25) is 0 Å². The SMILES string of the molecule is CCc1nnc(S/C(=C\c2ccc(-c3ccc(C)cc3[N+](=O)[O-])o2)C(=O)O)o1. The topological polar surface area (TPSA) is 132 Å². The lowest BCUT2D eigenvalue weighted by atomic mass is 10.1. The number of nitrogens with zero attached hydrogens (tertiary/aromatic N) is 3. The Kier molecular flexibility index (Phi) is 5.59. The molecule has 3 rings (SSSR count). The van der Waals surface area contributed by atoms with Crippen LogP contribution in [0.25, 0.3) is 17.4 Å². The van der Waals surface area contributed by atoms with E-state index in [0.29, 0.717) is 17.9 Å². The maximum absolute atomic E-state index is 11.5. The Labute approximate surface area is 163 Å².